The Labute approximate surface area is 136 Å². The second kappa shape index (κ2) is 6.97. The molecular weight excluding hydrogens is 284 g/mol. The smallest absolute Gasteiger partial charge is 0.243 e. The van der Waals surface area contributed by atoms with Crippen LogP contribution in [0.5, 0.6) is 5.75 Å². The number of rotatable bonds is 6. The Morgan fingerprint density at radius 1 is 1.17 bits per heavy atom. The van der Waals surface area contributed by atoms with Gasteiger partial charge in [-0.1, -0.05) is 49.1 Å². The van der Waals surface area contributed by atoms with Crippen molar-refractivity contribution in [3.63, 3.8) is 0 Å². The minimum Gasteiger partial charge on any atom is -0.489 e. The van der Waals surface area contributed by atoms with Crippen molar-refractivity contribution >= 4 is 16.8 Å². The molecule has 0 saturated carbocycles. The van der Waals surface area contributed by atoms with Crippen molar-refractivity contribution in [2.24, 2.45) is 7.05 Å². The van der Waals surface area contributed by atoms with E-state index in [0.29, 0.717) is 6.61 Å². The van der Waals surface area contributed by atoms with Crippen LogP contribution in [0.3, 0.4) is 0 Å². The molecule has 0 aliphatic carbocycles. The Bertz CT molecular complexity index is 846. The molecule has 1 heterocycles. The van der Waals surface area contributed by atoms with Gasteiger partial charge in [0.1, 0.15) is 31.3 Å². The number of aromatic nitrogens is 2. The van der Waals surface area contributed by atoms with Crippen LogP contribution in [-0.4, -0.2) is 11.2 Å². The number of allylic oxidation sites excluding steroid dienone is 1. The minimum atomic E-state index is 0.518. The summed E-state index contributed by atoms with van der Waals surface area (Å²) >= 11 is 0. The first-order chi connectivity index (χ1) is 11.3. The van der Waals surface area contributed by atoms with Crippen LogP contribution < -0.4 is 9.30 Å². The molecular formula is C20H21N2O+. The van der Waals surface area contributed by atoms with Crippen molar-refractivity contribution in [2.75, 3.05) is 6.61 Å². The summed E-state index contributed by atoms with van der Waals surface area (Å²) in [5, 5.41) is 2.33. The average molecular weight is 305 g/mol. The van der Waals surface area contributed by atoms with Crippen molar-refractivity contribution < 1.29 is 9.30 Å². The Morgan fingerprint density at radius 2 is 2.00 bits per heavy atom. The molecule has 0 radical (unpaired) electrons. The third-order valence-electron chi connectivity index (χ3n) is 3.71. The number of hydrogen-bond donors (Lipinski definition) is 0. The third kappa shape index (κ3) is 3.51. The van der Waals surface area contributed by atoms with E-state index in [-0.39, 0.29) is 0 Å². The fourth-order valence-corrected chi connectivity index (χ4v) is 2.63. The number of hydrogen-bond acceptors (Lipinski definition) is 1. The van der Waals surface area contributed by atoms with Gasteiger partial charge in [-0.05, 0) is 23.1 Å². The molecule has 0 unspecified atom stereocenters. The van der Waals surface area contributed by atoms with Gasteiger partial charge in [0.2, 0.25) is 6.33 Å². The first kappa shape index (κ1) is 15.1. The Morgan fingerprint density at radius 3 is 2.74 bits per heavy atom. The number of fused-ring (bicyclic) bond motifs is 1. The van der Waals surface area contributed by atoms with Crippen LogP contribution in [0, 0.1) is 0 Å². The first-order valence-electron chi connectivity index (χ1n) is 7.71. The maximum Gasteiger partial charge on any atom is 0.243 e. The van der Waals surface area contributed by atoms with E-state index in [2.05, 4.69) is 60.1 Å². The van der Waals surface area contributed by atoms with Gasteiger partial charge >= 0.3 is 0 Å². The van der Waals surface area contributed by atoms with Crippen molar-refractivity contribution in [3.8, 4) is 5.75 Å². The lowest BCUT2D eigenvalue weighted by molar-refractivity contribution is -0.671. The predicted molar refractivity (Wildman–Crippen MR) is 94.3 cm³/mol. The van der Waals surface area contributed by atoms with Gasteiger partial charge in [0, 0.05) is 5.39 Å². The van der Waals surface area contributed by atoms with Crippen LogP contribution in [0.4, 0.5) is 0 Å². The summed E-state index contributed by atoms with van der Waals surface area (Å²) in [6.07, 6.45) is 12.3. The molecule has 3 aromatic rings. The zero-order valence-electron chi connectivity index (χ0n) is 13.4. The van der Waals surface area contributed by atoms with Gasteiger partial charge in [-0.15, -0.1) is 0 Å². The van der Waals surface area contributed by atoms with E-state index in [4.69, 9.17) is 4.74 Å². The number of ether oxygens (including phenoxy) is 1. The fraction of sp³-hybridized carbons (Fsp3) is 0.150. The molecule has 0 spiro atoms. The summed E-state index contributed by atoms with van der Waals surface area (Å²) < 4.78 is 9.93. The maximum atomic E-state index is 5.75. The van der Waals surface area contributed by atoms with Gasteiger partial charge in [-0.3, -0.25) is 0 Å². The maximum absolute atomic E-state index is 5.75. The molecule has 0 amide bonds. The van der Waals surface area contributed by atoms with Crippen LogP contribution in [0.2, 0.25) is 0 Å². The van der Waals surface area contributed by atoms with Gasteiger partial charge < -0.3 is 4.74 Å². The van der Waals surface area contributed by atoms with E-state index in [9.17, 15) is 0 Å². The SMILES string of the molecule is C=CCOc1ccc(/C=C\Cn2cc[n+](C)c2)c2ccccc12. The van der Waals surface area contributed by atoms with Gasteiger partial charge in [0.15, 0.2) is 0 Å². The largest absolute Gasteiger partial charge is 0.489 e. The van der Waals surface area contributed by atoms with E-state index in [1.807, 2.05) is 29.9 Å². The zero-order valence-corrected chi connectivity index (χ0v) is 13.4. The molecule has 116 valence electrons. The van der Waals surface area contributed by atoms with Gasteiger partial charge in [0.25, 0.3) is 0 Å². The van der Waals surface area contributed by atoms with E-state index in [1.165, 1.54) is 10.9 Å². The third-order valence-corrected chi connectivity index (χ3v) is 3.71. The van der Waals surface area contributed by atoms with Gasteiger partial charge in [-0.25, -0.2) is 9.13 Å². The fourth-order valence-electron chi connectivity index (χ4n) is 2.63. The Hall–Kier alpha value is -2.81. The number of nitrogens with zero attached hydrogens (tertiary/aromatic N) is 2. The molecule has 0 aliphatic heterocycles. The summed E-state index contributed by atoms with van der Waals surface area (Å²) in [6.45, 7) is 5.07. The highest BCUT2D eigenvalue weighted by molar-refractivity contribution is 5.94. The molecule has 0 saturated heterocycles. The van der Waals surface area contributed by atoms with E-state index >= 15 is 0 Å². The summed E-state index contributed by atoms with van der Waals surface area (Å²) in [4.78, 5) is 0. The lowest BCUT2D eigenvalue weighted by atomic mass is 10.0. The van der Waals surface area contributed by atoms with E-state index < -0.39 is 0 Å². The molecule has 23 heavy (non-hydrogen) atoms. The minimum absolute atomic E-state index is 0.518. The number of benzene rings is 2. The highest BCUT2D eigenvalue weighted by atomic mass is 16.5. The lowest BCUT2D eigenvalue weighted by Gasteiger charge is -2.09. The number of imidazole rings is 1. The standard InChI is InChI=1S/C20H21N2O/c1-3-15-23-20-11-10-17(18-8-4-5-9-19(18)20)7-6-12-22-14-13-21(2)16-22/h3-11,13-14,16H,1,12,15H2,2H3/q+1/b7-6-. The molecule has 2 aromatic carbocycles. The lowest BCUT2D eigenvalue weighted by Crippen LogP contribution is -2.23. The molecule has 1 aromatic heterocycles. The quantitative estimate of drug-likeness (QED) is 0.501. The molecule has 3 rings (SSSR count). The van der Waals surface area contributed by atoms with Crippen molar-refractivity contribution in [2.45, 2.75) is 6.54 Å². The van der Waals surface area contributed by atoms with Crippen molar-refractivity contribution in [3.05, 3.63) is 79.4 Å². The monoisotopic (exact) mass is 305 g/mol. The average Bonchev–Trinajstić information content (AvgIpc) is 2.99. The van der Waals surface area contributed by atoms with Crippen molar-refractivity contribution in [1.82, 2.24) is 4.57 Å². The number of aryl methyl sites for hydroxylation is 1. The van der Waals surface area contributed by atoms with Crippen LogP contribution in [0.25, 0.3) is 16.8 Å². The van der Waals surface area contributed by atoms with E-state index in [1.54, 1.807) is 6.08 Å². The van der Waals surface area contributed by atoms with Gasteiger partial charge in [-0.2, -0.15) is 0 Å². The summed E-state index contributed by atoms with van der Waals surface area (Å²) in [6, 6.07) is 12.5. The predicted octanol–water partition coefficient (Wildman–Crippen LogP) is 3.74. The summed E-state index contributed by atoms with van der Waals surface area (Å²) in [7, 11) is 2.02. The van der Waals surface area contributed by atoms with E-state index in [0.717, 1.165) is 17.7 Å². The molecule has 0 atom stereocenters. The second-order valence-electron chi connectivity index (χ2n) is 5.48. The van der Waals surface area contributed by atoms with Crippen LogP contribution >= 0.6 is 0 Å². The Kier molecular flexibility index (Phi) is 4.57. The highest BCUT2D eigenvalue weighted by Crippen LogP contribution is 2.29. The normalized spacial score (nSPS) is 11.2. The molecule has 3 nitrogen and oxygen atoms in total. The van der Waals surface area contributed by atoms with Crippen LogP contribution in [0.1, 0.15) is 5.56 Å². The summed E-state index contributed by atoms with van der Waals surface area (Å²) in [5.74, 6) is 0.898. The second-order valence-corrected chi connectivity index (χ2v) is 5.48. The molecule has 3 heteroatoms. The molecule has 0 N–H and O–H groups in total. The van der Waals surface area contributed by atoms with Crippen molar-refractivity contribution in [1.29, 1.82) is 0 Å². The molecule has 0 aliphatic rings. The van der Waals surface area contributed by atoms with Crippen LogP contribution in [-0.2, 0) is 13.6 Å². The zero-order chi connectivity index (χ0) is 16.1. The first-order valence-corrected chi connectivity index (χ1v) is 7.71. The Balaban J connectivity index is 1.87. The molecule has 0 fully saturated rings. The highest BCUT2D eigenvalue weighted by Gasteiger charge is 2.04. The summed E-state index contributed by atoms with van der Waals surface area (Å²) in [5.41, 5.74) is 1.20. The topological polar surface area (TPSA) is 18.0 Å². The molecule has 0 bridgehead atoms. The van der Waals surface area contributed by atoms with Crippen LogP contribution in [0.15, 0.2) is 73.9 Å². The van der Waals surface area contributed by atoms with Gasteiger partial charge in [0.05, 0.1) is 7.05 Å².